The molecule has 0 amide bonds. The summed E-state index contributed by atoms with van der Waals surface area (Å²) >= 11 is 1.65. The van der Waals surface area contributed by atoms with Crippen LogP contribution in [0.3, 0.4) is 0 Å². The van der Waals surface area contributed by atoms with Crippen LogP contribution in [0, 0.1) is 0 Å². The first-order valence-corrected chi connectivity index (χ1v) is 6.70. The van der Waals surface area contributed by atoms with Crippen molar-refractivity contribution in [3.05, 3.63) is 12.3 Å². The number of ether oxygens (including phenoxy) is 1. The van der Waals surface area contributed by atoms with Crippen LogP contribution >= 0.6 is 11.8 Å². The molecule has 4 nitrogen and oxygen atoms in total. The van der Waals surface area contributed by atoms with E-state index in [1.807, 2.05) is 18.5 Å². The number of nitrogens with zero attached hydrogens (tertiary/aromatic N) is 3. The Morgan fingerprint density at radius 2 is 2.19 bits per heavy atom. The fourth-order valence-electron chi connectivity index (χ4n) is 1.89. The van der Waals surface area contributed by atoms with E-state index in [-0.39, 0.29) is 0 Å². The summed E-state index contributed by atoms with van der Waals surface area (Å²) in [6.45, 7) is 1.96. The van der Waals surface area contributed by atoms with Crippen molar-refractivity contribution in [3.8, 4) is 0 Å². The topological polar surface area (TPSA) is 38.2 Å². The van der Waals surface area contributed by atoms with E-state index in [9.17, 15) is 0 Å². The predicted octanol–water partition coefficient (Wildman–Crippen LogP) is 1.81. The number of rotatable bonds is 3. The lowest BCUT2D eigenvalue weighted by Crippen LogP contribution is -2.37. The third-order valence-electron chi connectivity index (χ3n) is 2.88. The standard InChI is InChI=1S/C11H17N3OS/c1-15-9-4-7-14(8-5-9)11-12-6-3-10(13-11)16-2/h3,6,9H,4-5,7-8H2,1-2H3. The van der Waals surface area contributed by atoms with Crippen LogP contribution in [0.25, 0.3) is 0 Å². The third kappa shape index (κ3) is 2.65. The molecule has 2 rings (SSSR count). The molecule has 0 aromatic carbocycles. The number of anilines is 1. The lowest BCUT2D eigenvalue weighted by Gasteiger charge is -2.31. The summed E-state index contributed by atoms with van der Waals surface area (Å²) in [5.74, 6) is 0.849. The molecule has 16 heavy (non-hydrogen) atoms. The number of methoxy groups -OCH3 is 1. The summed E-state index contributed by atoms with van der Waals surface area (Å²) in [6.07, 6.45) is 6.38. The highest BCUT2D eigenvalue weighted by Gasteiger charge is 2.20. The normalized spacial score (nSPS) is 17.8. The maximum atomic E-state index is 5.35. The Kier molecular flexibility index (Phi) is 4.01. The fraction of sp³-hybridized carbons (Fsp3) is 0.636. The van der Waals surface area contributed by atoms with Crippen molar-refractivity contribution in [2.24, 2.45) is 0 Å². The van der Waals surface area contributed by atoms with Gasteiger partial charge in [-0.2, -0.15) is 0 Å². The second-order valence-electron chi connectivity index (χ2n) is 3.82. The van der Waals surface area contributed by atoms with Crippen molar-refractivity contribution in [2.75, 3.05) is 31.4 Å². The van der Waals surface area contributed by atoms with Crippen molar-refractivity contribution in [1.29, 1.82) is 0 Å². The molecule has 88 valence electrons. The number of thioether (sulfide) groups is 1. The Balaban J connectivity index is 2.02. The van der Waals surface area contributed by atoms with Gasteiger partial charge < -0.3 is 9.64 Å². The largest absolute Gasteiger partial charge is 0.381 e. The summed E-state index contributed by atoms with van der Waals surface area (Å²) in [5, 5.41) is 1.03. The van der Waals surface area contributed by atoms with E-state index in [0.717, 1.165) is 36.9 Å². The number of hydrogen-bond acceptors (Lipinski definition) is 5. The van der Waals surface area contributed by atoms with Crippen molar-refractivity contribution in [2.45, 2.75) is 24.0 Å². The molecule has 2 heterocycles. The van der Waals surface area contributed by atoms with Crippen molar-refractivity contribution < 1.29 is 4.74 Å². The van der Waals surface area contributed by atoms with Gasteiger partial charge in [0.1, 0.15) is 5.03 Å². The lowest BCUT2D eigenvalue weighted by atomic mass is 10.1. The molecule has 0 radical (unpaired) electrons. The van der Waals surface area contributed by atoms with E-state index < -0.39 is 0 Å². The SMILES string of the molecule is COC1CCN(c2nccc(SC)n2)CC1. The predicted molar refractivity (Wildman–Crippen MR) is 66.1 cm³/mol. The van der Waals surface area contributed by atoms with Gasteiger partial charge in [-0.3, -0.25) is 0 Å². The van der Waals surface area contributed by atoms with E-state index in [2.05, 4.69) is 14.9 Å². The fourth-order valence-corrected chi connectivity index (χ4v) is 2.26. The zero-order valence-corrected chi connectivity index (χ0v) is 10.5. The van der Waals surface area contributed by atoms with E-state index >= 15 is 0 Å². The lowest BCUT2D eigenvalue weighted by molar-refractivity contribution is 0.0816. The quantitative estimate of drug-likeness (QED) is 0.594. The monoisotopic (exact) mass is 239 g/mol. The molecule has 1 aromatic heterocycles. The molecular weight excluding hydrogens is 222 g/mol. The molecule has 1 fully saturated rings. The number of aromatic nitrogens is 2. The smallest absolute Gasteiger partial charge is 0.226 e. The molecule has 1 saturated heterocycles. The third-order valence-corrected chi connectivity index (χ3v) is 3.53. The summed E-state index contributed by atoms with van der Waals surface area (Å²) < 4.78 is 5.35. The van der Waals surface area contributed by atoms with Crippen LogP contribution in [0.4, 0.5) is 5.95 Å². The van der Waals surface area contributed by atoms with Gasteiger partial charge >= 0.3 is 0 Å². The molecule has 0 aliphatic carbocycles. The highest BCUT2D eigenvalue weighted by molar-refractivity contribution is 7.98. The highest BCUT2D eigenvalue weighted by Crippen LogP contribution is 2.19. The number of hydrogen-bond donors (Lipinski definition) is 0. The van der Waals surface area contributed by atoms with Crippen LogP contribution < -0.4 is 4.90 Å². The van der Waals surface area contributed by atoms with Gasteiger partial charge in [0, 0.05) is 26.4 Å². The molecule has 1 aliphatic heterocycles. The number of piperidine rings is 1. The van der Waals surface area contributed by atoms with E-state index in [0.29, 0.717) is 6.10 Å². The average molecular weight is 239 g/mol. The first-order chi connectivity index (χ1) is 7.83. The molecule has 5 heteroatoms. The highest BCUT2D eigenvalue weighted by atomic mass is 32.2. The van der Waals surface area contributed by atoms with Gasteiger partial charge in [-0.1, -0.05) is 0 Å². The maximum Gasteiger partial charge on any atom is 0.226 e. The van der Waals surface area contributed by atoms with Gasteiger partial charge in [0.05, 0.1) is 6.10 Å². The van der Waals surface area contributed by atoms with Gasteiger partial charge in [0.15, 0.2) is 0 Å². The van der Waals surface area contributed by atoms with Crippen LogP contribution in [-0.4, -0.2) is 42.5 Å². The Bertz CT molecular complexity index is 340. The van der Waals surface area contributed by atoms with E-state index in [4.69, 9.17) is 4.74 Å². The van der Waals surface area contributed by atoms with Crippen molar-refractivity contribution in [3.63, 3.8) is 0 Å². The minimum Gasteiger partial charge on any atom is -0.381 e. The minimum atomic E-state index is 0.403. The molecule has 0 spiro atoms. The van der Waals surface area contributed by atoms with Crippen molar-refractivity contribution in [1.82, 2.24) is 9.97 Å². The Hall–Kier alpha value is -0.810. The molecule has 0 saturated carbocycles. The van der Waals surface area contributed by atoms with E-state index in [1.54, 1.807) is 18.9 Å². The summed E-state index contributed by atoms with van der Waals surface area (Å²) in [4.78, 5) is 11.1. The van der Waals surface area contributed by atoms with Gasteiger partial charge in [-0.15, -0.1) is 11.8 Å². The molecule has 1 aliphatic rings. The van der Waals surface area contributed by atoms with Crippen molar-refractivity contribution >= 4 is 17.7 Å². The van der Waals surface area contributed by atoms with Crippen LogP contribution in [0.5, 0.6) is 0 Å². The maximum absolute atomic E-state index is 5.35. The van der Waals surface area contributed by atoms with Gasteiger partial charge in [-0.05, 0) is 25.2 Å². The zero-order valence-electron chi connectivity index (χ0n) is 9.72. The van der Waals surface area contributed by atoms with Gasteiger partial charge in [0.25, 0.3) is 0 Å². The van der Waals surface area contributed by atoms with Gasteiger partial charge in [0.2, 0.25) is 5.95 Å². The Morgan fingerprint density at radius 1 is 1.44 bits per heavy atom. The van der Waals surface area contributed by atoms with Crippen LogP contribution in [-0.2, 0) is 4.74 Å². The second-order valence-corrected chi connectivity index (χ2v) is 4.65. The Labute approximate surface area is 100 Å². The summed E-state index contributed by atoms with van der Waals surface area (Å²) in [6, 6.07) is 1.94. The average Bonchev–Trinajstić information content (AvgIpc) is 2.39. The first-order valence-electron chi connectivity index (χ1n) is 5.48. The molecule has 0 N–H and O–H groups in total. The molecule has 1 aromatic rings. The summed E-state index contributed by atoms with van der Waals surface area (Å²) in [7, 11) is 1.78. The zero-order chi connectivity index (χ0) is 11.4. The molecular formula is C11H17N3OS. The Morgan fingerprint density at radius 3 is 2.81 bits per heavy atom. The van der Waals surface area contributed by atoms with Crippen LogP contribution in [0.1, 0.15) is 12.8 Å². The molecule has 0 bridgehead atoms. The molecule has 0 atom stereocenters. The van der Waals surface area contributed by atoms with Crippen LogP contribution in [0.2, 0.25) is 0 Å². The first kappa shape index (κ1) is 11.7. The minimum absolute atomic E-state index is 0.403. The van der Waals surface area contributed by atoms with E-state index in [1.165, 1.54) is 0 Å². The molecule has 0 unspecified atom stereocenters. The summed E-state index contributed by atoms with van der Waals surface area (Å²) in [5.41, 5.74) is 0. The van der Waals surface area contributed by atoms with Gasteiger partial charge in [-0.25, -0.2) is 9.97 Å². The van der Waals surface area contributed by atoms with Crippen LogP contribution in [0.15, 0.2) is 17.3 Å². The second kappa shape index (κ2) is 5.50.